The van der Waals surface area contributed by atoms with Gasteiger partial charge in [-0.1, -0.05) is 42.5 Å². The number of hydrogen-bond acceptors (Lipinski definition) is 7. The second kappa shape index (κ2) is 14.8. The lowest BCUT2D eigenvalue weighted by Gasteiger charge is -2.19. The molecule has 0 saturated heterocycles. The highest BCUT2D eigenvalue weighted by atomic mass is 16.5. The number of carbonyl (C=O) groups excluding carboxylic acids is 1. The molecule has 0 heterocycles. The number of benzene rings is 1. The summed E-state index contributed by atoms with van der Waals surface area (Å²) in [5, 5.41) is 51.4. The number of aliphatic hydroxyl groups excluding tert-OH is 5. The number of carbonyl (C=O) groups is 1. The number of aliphatic hydroxyl groups is 5. The molecule has 1 amide bonds. The van der Waals surface area contributed by atoms with Gasteiger partial charge in [0.15, 0.2) is 0 Å². The first-order chi connectivity index (χ1) is 15.9. The Hall–Kier alpha value is -2.23. The number of para-hydroxylation sites is 1. The molecule has 0 aromatic heterocycles. The van der Waals surface area contributed by atoms with Gasteiger partial charge in [0.25, 0.3) is 0 Å². The van der Waals surface area contributed by atoms with Gasteiger partial charge in [0.1, 0.15) is 18.5 Å². The first-order valence-electron chi connectivity index (χ1n) is 11.5. The molecule has 1 saturated carbocycles. The van der Waals surface area contributed by atoms with Gasteiger partial charge in [0, 0.05) is 18.8 Å². The normalized spacial score (nSPS) is 24.1. The van der Waals surface area contributed by atoms with E-state index in [1.54, 1.807) is 12.2 Å². The Labute approximate surface area is 195 Å². The minimum atomic E-state index is -0.825. The monoisotopic (exact) mass is 463 g/mol. The quantitative estimate of drug-likeness (QED) is 0.178. The minimum Gasteiger partial charge on any atom is -0.491 e. The number of rotatable bonds is 14. The highest BCUT2D eigenvalue weighted by molar-refractivity contribution is 5.76. The molecule has 1 aliphatic carbocycles. The number of amides is 1. The molecular weight excluding hydrogens is 426 g/mol. The van der Waals surface area contributed by atoms with E-state index in [0.29, 0.717) is 37.9 Å². The maximum atomic E-state index is 11.7. The first-order valence-corrected chi connectivity index (χ1v) is 11.5. The SMILES string of the molecule is O=C(CCC/C=C\C[C@@H]1[C@@H](/C=C/[C@@H](O)COc2ccccc2)[C@H](O)C[C@H]1O)NC(CO)CO. The molecule has 0 spiro atoms. The van der Waals surface area contributed by atoms with Gasteiger partial charge in [-0.2, -0.15) is 0 Å². The van der Waals surface area contributed by atoms with Crippen LogP contribution in [0.25, 0.3) is 0 Å². The molecule has 1 aliphatic rings. The summed E-state index contributed by atoms with van der Waals surface area (Å²) >= 11 is 0. The molecule has 0 aliphatic heterocycles. The second-order valence-electron chi connectivity index (χ2n) is 8.42. The Morgan fingerprint density at radius 3 is 2.55 bits per heavy atom. The standard InChI is InChI=1S/C25H37NO7/c27-15-18(16-28)26-25(32)11-7-2-1-6-10-21-22(24(31)14-23(21)30)13-12-19(29)17-33-20-8-4-3-5-9-20/h1,3-6,8-9,12-13,18-19,21-24,27-31H,2,7,10-11,14-17H2,(H,26,32)/b6-1-,13-12+/t19-,21-,22-,23-,24-/m1/s1. The van der Waals surface area contributed by atoms with E-state index < -0.39 is 24.4 Å². The third kappa shape index (κ3) is 9.65. The summed E-state index contributed by atoms with van der Waals surface area (Å²) in [4.78, 5) is 11.7. The molecule has 33 heavy (non-hydrogen) atoms. The van der Waals surface area contributed by atoms with Crippen molar-refractivity contribution in [1.29, 1.82) is 0 Å². The molecule has 1 aromatic carbocycles. The molecule has 8 heteroatoms. The van der Waals surface area contributed by atoms with Crippen LogP contribution in [0.1, 0.15) is 32.1 Å². The van der Waals surface area contributed by atoms with Crippen molar-refractivity contribution in [3.63, 3.8) is 0 Å². The van der Waals surface area contributed by atoms with Gasteiger partial charge in [0.2, 0.25) is 5.91 Å². The fourth-order valence-corrected chi connectivity index (χ4v) is 3.92. The molecule has 2 rings (SSSR count). The fourth-order valence-electron chi connectivity index (χ4n) is 3.92. The van der Waals surface area contributed by atoms with E-state index in [-0.39, 0.29) is 37.6 Å². The average molecular weight is 464 g/mol. The van der Waals surface area contributed by atoms with Crippen LogP contribution >= 0.6 is 0 Å². The van der Waals surface area contributed by atoms with Gasteiger partial charge < -0.3 is 35.6 Å². The van der Waals surface area contributed by atoms with Crippen molar-refractivity contribution in [2.75, 3.05) is 19.8 Å². The van der Waals surface area contributed by atoms with Crippen molar-refractivity contribution < 1.29 is 35.1 Å². The zero-order valence-electron chi connectivity index (χ0n) is 18.9. The summed E-state index contributed by atoms with van der Waals surface area (Å²) in [6.45, 7) is -0.504. The molecule has 0 radical (unpaired) electrons. The largest absolute Gasteiger partial charge is 0.491 e. The summed E-state index contributed by atoms with van der Waals surface area (Å²) in [6, 6.07) is 8.58. The van der Waals surface area contributed by atoms with Gasteiger partial charge in [-0.3, -0.25) is 4.79 Å². The van der Waals surface area contributed by atoms with E-state index in [0.717, 1.165) is 0 Å². The Balaban J connectivity index is 1.74. The van der Waals surface area contributed by atoms with Crippen LogP contribution in [0.2, 0.25) is 0 Å². The first kappa shape index (κ1) is 27.0. The van der Waals surface area contributed by atoms with Gasteiger partial charge in [-0.15, -0.1) is 0 Å². The number of hydrogen-bond donors (Lipinski definition) is 6. The van der Waals surface area contributed by atoms with E-state index in [9.17, 15) is 20.1 Å². The zero-order chi connectivity index (χ0) is 24.1. The smallest absolute Gasteiger partial charge is 0.220 e. The van der Waals surface area contributed by atoms with Gasteiger partial charge >= 0.3 is 0 Å². The maximum absolute atomic E-state index is 11.7. The van der Waals surface area contributed by atoms with Crippen LogP contribution in [-0.2, 0) is 4.79 Å². The minimum absolute atomic E-state index is 0.0986. The molecule has 5 atom stereocenters. The van der Waals surface area contributed by atoms with Crippen LogP contribution in [0, 0.1) is 11.8 Å². The third-order valence-corrected chi connectivity index (χ3v) is 5.79. The lowest BCUT2D eigenvalue weighted by molar-refractivity contribution is -0.122. The third-order valence-electron chi connectivity index (χ3n) is 5.79. The van der Waals surface area contributed by atoms with Crippen LogP contribution in [0.15, 0.2) is 54.6 Å². The van der Waals surface area contributed by atoms with Gasteiger partial charge in [-0.05, 0) is 37.3 Å². The van der Waals surface area contributed by atoms with E-state index in [1.807, 2.05) is 42.5 Å². The lowest BCUT2D eigenvalue weighted by atomic mass is 9.89. The predicted molar refractivity (Wildman–Crippen MR) is 124 cm³/mol. The summed E-state index contributed by atoms with van der Waals surface area (Å²) in [7, 11) is 0. The summed E-state index contributed by atoms with van der Waals surface area (Å²) in [6.07, 6.45) is 7.60. The van der Waals surface area contributed by atoms with Crippen molar-refractivity contribution in [2.45, 2.75) is 56.5 Å². The van der Waals surface area contributed by atoms with Gasteiger partial charge in [-0.25, -0.2) is 0 Å². The number of allylic oxidation sites excluding steroid dienone is 2. The Kier molecular flexibility index (Phi) is 12.1. The van der Waals surface area contributed by atoms with Crippen LogP contribution in [0.5, 0.6) is 5.75 Å². The number of ether oxygens (including phenoxy) is 1. The topological polar surface area (TPSA) is 139 Å². The highest BCUT2D eigenvalue weighted by Gasteiger charge is 2.39. The zero-order valence-corrected chi connectivity index (χ0v) is 18.9. The van der Waals surface area contributed by atoms with Crippen molar-refractivity contribution >= 4 is 5.91 Å². The summed E-state index contributed by atoms with van der Waals surface area (Å²) in [5.74, 6) is 0.0258. The highest BCUT2D eigenvalue weighted by Crippen LogP contribution is 2.36. The van der Waals surface area contributed by atoms with Crippen LogP contribution in [0.3, 0.4) is 0 Å². The molecular formula is C25H37NO7. The molecule has 6 N–H and O–H groups in total. The fraction of sp³-hybridized carbons (Fsp3) is 0.560. The average Bonchev–Trinajstić information content (AvgIpc) is 3.09. The Morgan fingerprint density at radius 2 is 1.85 bits per heavy atom. The Morgan fingerprint density at radius 1 is 1.12 bits per heavy atom. The maximum Gasteiger partial charge on any atom is 0.220 e. The van der Waals surface area contributed by atoms with Crippen molar-refractivity contribution in [3.8, 4) is 5.75 Å². The van der Waals surface area contributed by atoms with E-state index in [4.69, 9.17) is 14.9 Å². The molecule has 0 unspecified atom stereocenters. The molecule has 1 fully saturated rings. The van der Waals surface area contributed by atoms with Crippen LogP contribution in [-0.4, -0.2) is 75.6 Å². The molecule has 1 aromatic rings. The van der Waals surface area contributed by atoms with Crippen LogP contribution in [0.4, 0.5) is 0 Å². The summed E-state index contributed by atoms with van der Waals surface area (Å²) < 4.78 is 5.53. The van der Waals surface area contributed by atoms with Crippen molar-refractivity contribution in [2.24, 2.45) is 11.8 Å². The molecule has 184 valence electrons. The number of unbranched alkanes of at least 4 members (excludes halogenated alkanes) is 1. The second-order valence-corrected chi connectivity index (χ2v) is 8.42. The molecule has 8 nitrogen and oxygen atoms in total. The van der Waals surface area contributed by atoms with Crippen molar-refractivity contribution in [3.05, 3.63) is 54.6 Å². The predicted octanol–water partition coefficient (Wildman–Crippen LogP) is 0.926. The van der Waals surface area contributed by atoms with Crippen molar-refractivity contribution in [1.82, 2.24) is 5.32 Å². The van der Waals surface area contributed by atoms with Crippen LogP contribution < -0.4 is 10.1 Å². The Bertz CT molecular complexity index is 736. The summed E-state index contributed by atoms with van der Waals surface area (Å²) in [5.41, 5.74) is 0. The van der Waals surface area contributed by atoms with E-state index in [2.05, 4.69) is 5.32 Å². The van der Waals surface area contributed by atoms with Gasteiger partial charge in [0.05, 0.1) is 31.5 Å². The number of nitrogens with one attached hydrogen (secondary N) is 1. The molecule has 0 bridgehead atoms. The van der Waals surface area contributed by atoms with E-state index >= 15 is 0 Å². The lowest BCUT2D eigenvalue weighted by Crippen LogP contribution is -2.39. The van der Waals surface area contributed by atoms with E-state index in [1.165, 1.54) is 0 Å².